The van der Waals surface area contributed by atoms with Crippen molar-refractivity contribution in [3.05, 3.63) is 12.2 Å². The highest BCUT2D eigenvalue weighted by molar-refractivity contribution is 4.86. The van der Waals surface area contributed by atoms with Crippen molar-refractivity contribution >= 4 is 0 Å². The highest BCUT2D eigenvalue weighted by atomic mass is 16.3. The summed E-state index contributed by atoms with van der Waals surface area (Å²) in [6, 6.07) is 0.445. The lowest BCUT2D eigenvalue weighted by atomic mass is 10.2. The van der Waals surface area contributed by atoms with Crippen LogP contribution < -0.4 is 0 Å². The van der Waals surface area contributed by atoms with Crippen molar-refractivity contribution in [3.8, 4) is 0 Å². The van der Waals surface area contributed by atoms with Gasteiger partial charge >= 0.3 is 0 Å². The van der Waals surface area contributed by atoms with Crippen molar-refractivity contribution in [2.24, 2.45) is 5.92 Å². The Bertz CT molecular complexity index is 335. The van der Waals surface area contributed by atoms with Crippen LogP contribution in [0, 0.1) is 5.92 Å². The van der Waals surface area contributed by atoms with E-state index in [1.807, 2.05) is 4.68 Å². The molecule has 0 amide bonds. The molecular formula is C13H26N4O. The van der Waals surface area contributed by atoms with E-state index in [4.69, 9.17) is 5.11 Å². The fourth-order valence-corrected chi connectivity index (χ4v) is 1.88. The molecule has 0 aromatic carbocycles. The van der Waals surface area contributed by atoms with Gasteiger partial charge in [0.15, 0.2) is 0 Å². The summed E-state index contributed by atoms with van der Waals surface area (Å²) < 4.78 is 1.99. The summed E-state index contributed by atoms with van der Waals surface area (Å²) in [6.07, 6.45) is 2.43. The fourth-order valence-electron chi connectivity index (χ4n) is 1.88. The standard InChI is InChI=1S/C13H26N4O/c1-11(2)8-17-13(14-10-15-17)9-16(12(3)4)6-5-7-18/h10-12,18H,5-9H2,1-4H3. The second-order valence-electron chi connectivity index (χ2n) is 5.39. The van der Waals surface area contributed by atoms with E-state index < -0.39 is 0 Å². The summed E-state index contributed by atoms with van der Waals surface area (Å²) in [5.41, 5.74) is 0. The molecule has 5 heteroatoms. The quantitative estimate of drug-likeness (QED) is 0.764. The molecule has 0 saturated heterocycles. The Hall–Kier alpha value is -0.940. The molecule has 18 heavy (non-hydrogen) atoms. The summed E-state index contributed by atoms with van der Waals surface area (Å²) in [5.74, 6) is 1.57. The second kappa shape index (κ2) is 7.48. The maximum Gasteiger partial charge on any atom is 0.141 e. The van der Waals surface area contributed by atoms with Crippen LogP contribution in [0.5, 0.6) is 0 Å². The maximum absolute atomic E-state index is 8.94. The molecule has 5 nitrogen and oxygen atoms in total. The normalized spacial score (nSPS) is 12.0. The number of nitrogens with zero attached hydrogens (tertiary/aromatic N) is 4. The maximum atomic E-state index is 8.94. The summed E-state index contributed by atoms with van der Waals surface area (Å²) >= 11 is 0. The van der Waals surface area contributed by atoms with Gasteiger partial charge in [0, 0.05) is 25.7 Å². The third-order valence-corrected chi connectivity index (χ3v) is 2.91. The first-order valence-electron chi connectivity index (χ1n) is 6.76. The SMILES string of the molecule is CC(C)Cn1ncnc1CN(CCCO)C(C)C. The average Bonchev–Trinajstić information content (AvgIpc) is 2.70. The molecule has 1 heterocycles. The Kier molecular flexibility index (Phi) is 6.29. The number of hydrogen-bond acceptors (Lipinski definition) is 4. The molecular weight excluding hydrogens is 228 g/mol. The van der Waals surface area contributed by atoms with Gasteiger partial charge in [0.25, 0.3) is 0 Å². The van der Waals surface area contributed by atoms with Crippen molar-refractivity contribution < 1.29 is 5.11 Å². The van der Waals surface area contributed by atoms with Crippen molar-refractivity contribution in [3.63, 3.8) is 0 Å². The van der Waals surface area contributed by atoms with Crippen LogP contribution in [0.2, 0.25) is 0 Å². The molecule has 1 aromatic heterocycles. The van der Waals surface area contributed by atoms with Crippen molar-refractivity contribution in [2.45, 2.75) is 53.2 Å². The van der Waals surface area contributed by atoms with Crippen LogP contribution in [-0.2, 0) is 13.1 Å². The molecule has 0 aliphatic carbocycles. The van der Waals surface area contributed by atoms with Crippen LogP contribution >= 0.6 is 0 Å². The highest BCUT2D eigenvalue weighted by Crippen LogP contribution is 2.08. The van der Waals surface area contributed by atoms with Gasteiger partial charge in [-0.05, 0) is 26.2 Å². The Labute approximate surface area is 110 Å². The largest absolute Gasteiger partial charge is 0.396 e. The van der Waals surface area contributed by atoms with Gasteiger partial charge in [-0.2, -0.15) is 5.10 Å². The fraction of sp³-hybridized carbons (Fsp3) is 0.846. The second-order valence-corrected chi connectivity index (χ2v) is 5.39. The Balaban J connectivity index is 2.65. The Morgan fingerprint density at radius 1 is 1.33 bits per heavy atom. The third-order valence-electron chi connectivity index (χ3n) is 2.91. The van der Waals surface area contributed by atoms with Gasteiger partial charge in [-0.25, -0.2) is 9.67 Å². The van der Waals surface area contributed by atoms with Crippen molar-refractivity contribution in [1.82, 2.24) is 19.7 Å². The van der Waals surface area contributed by atoms with E-state index in [2.05, 4.69) is 42.7 Å². The number of aliphatic hydroxyl groups is 1. The lowest BCUT2D eigenvalue weighted by Gasteiger charge is -2.25. The summed E-state index contributed by atoms with van der Waals surface area (Å²) in [6.45, 7) is 11.5. The monoisotopic (exact) mass is 254 g/mol. The van der Waals surface area contributed by atoms with E-state index in [9.17, 15) is 0 Å². The van der Waals surface area contributed by atoms with Crippen LogP contribution in [-0.4, -0.2) is 44.0 Å². The van der Waals surface area contributed by atoms with E-state index in [0.717, 1.165) is 31.9 Å². The molecule has 0 unspecified atom stereocenters. The first-order chi connectivity index (χ1) is 8.54. The van der Waals surface area contributed by atoms with Crippen LogP contribution in [0.4, 0.5) is 0 Å². The number of aromatic nitrogens is 3. The zero-order chi connectivity index (χ0) is 13.5. The minimum absolute atomic E-state index is 0.238. The van der Waals surface area contributed by atoms with Crippen LogP contribution in [0.3, 0.4) is 0 Å². The zero-order valence-electron chi connectivity index (χ0n) is 12.0. The van der Waals surface area contributed by atoms with Gasteiger partial charge in [-0.15, -0.1) is 0 Å². The van der Waals surface area contributed by atoms with Crippen molar-refractivity contribution in [2.75, 3.05) is 13.2 Å². The van der Waals surface area contributed by atoms with Crippen LogP contribution in [0.25, 0.3) is 0 Å². The molecule has 0 fully saturated rings. The van der Waals surface area contributed by atoms with Crippen LogP contribution in [0.15, 0.2) is 6.33 Å². The molecule has 0 aliphatic heterocycles. The predicted molar refractivity (Wildman–Crippen MR) is 72.1 cm³/mol. The lowest BCUT2D eigenvalue weighted by Crippen LogP contribution is -2.33. The molecule has 1 rings (SSSR count). The van der Waals surface area contributed by atoms with E-state index in [0.29, 0.717) is 12.0 Å². The molecule has 104 valence electrons. The van der Waals surface area contributed by atoms with E-state index in [-0.39, 0.29) is 6.61 Å². The minimum atomic E-state index is 0.238. The molecule has 0 bridgehead atoms. The molecule has 0 aliphatic rings. The Morgan fingerprint density at radius 3 is 2.61 bits per heavy atom. The van der Waals surface area contributed by atoms with Gasteiger partial charge in [0.1, 0.15) is 12.2 Å². The van der Waals surface area contributed by atoms with Crippen LogP contribution in [0.1, 0.15) is 39.9 Å². The summed E-state index contributed by atoms with van der Waals surface area (Å²) in [4.78, 5) is 6.66. The summed E-state index contributed by atoms with van der Waals surface area (Å²) in [5, 5.41) is 13.2. The van der Waals surface area contributed by atoms with Gasteiger partial charge in [0.05, 0.1) is 6.54 Å². The third kappa shape index (κ3) is 4.74. The smallest absolute Gasteiger partial charge is 0.141 e. The topological polar surface area (TPSA) is 54.2 Å². The van der Waals surface area contributed by atoms with E-state index >= 15 is 0 Å². The molecule has 0 saturated carbocycles. The lowest BCUT2D eigenvalue weighted by molar-refractivity contribution is 0.178. The molecule has 0 radical (unpaired) electrons. The van der Waals surface area contributed by atoms with E-state index in [1.54, 1.807) is 6.33 Å². The minimum Gasteiger partial charge on any atom is -0.396 e. The zero-order valence-corrected chi connectivity index (χ0v) is 12.0. The number of rotatable bonds is 8. The average molecular weight is 254 g/mol. The van der Waals surface area contributed by atoms with Gasteiger partial charge in [0.2, 0.25) is 0 Å². The molecule has 0 spiro atoms. The highest BCUT2D eigenvalue weighted by Gasteiger charge is 2.14. The molecule has 1 aromatic rings. The number of hydrogen-bond donors (Lipinski definition) is 1. The first-order valence-corrected chi connectivity index (χ1v) is 6.76. The molecule has 1 N–H and O–H groups in total. The Morgan fingerprint density at radius 2 is 2.06 bits per heavy atom. The number of aliphatic hydroxyl groups excluding tert-OH is 1. The van der Waals surface area contributed by atoms with Gasteiger partial charge in [-0.1, -0.05) is 13.8 Å². The first kappa shape index (κ1) is 15.1. The van der Waals surface area contributed by atoms with Crippen molar-refractivity contribution in [1.29, 1.82) is 0 Å². The van der Waals surface area contributed by atoms with E-state index in [1.165, 1.54) is 0 Å². The predicted octanol–water partition coefficient (Wildman–Crippen LogP) is 1.53. The van der Waals surface area contributed by atoms with Gasteiger partial charge < -0.3 is 5.11 Å². The molecule has 0 atom stereocenters. The summed E-state index contributed by atoms with van der Waals surface area (Å²) in [7, 11) is 0. The van der Waals surface area contributed by atoms with Gasteiger partial charge in [-0.3, -0.25) is 4.90 Å².